The third kappa shape index (κ3) is 3.56. The Hall–Kier alpha value is -3.91. The maximum Gasteiger partial charge on any atom is 0.340 e. The molecule has 0 fully saturated rings. The zero-order chi connectivity index (χ0) is 24.0. The number of nitrogens with zero attached hydrogens (tertiary/aromatic N) is 1. The van der Waals surface area contributed by atoms with Crippen LogP contribution in [0.1, 0.15) is 28.3 Å². The van der Waals surface area contributed by atoms with Crippen molar-refractivity contribution in [2.24, 2.45) is 5.73 Å². The van der Waals surface area contributed by atoms with Gasteiger partial charge >= 0.3 is 5.97 Å². The predicted octanol–water partition coefficient (Wildman–Crippen LogP) is 3.45. The molecule has 9 heteroatoms. The van der Waals surface area contributed by atoms with Crippen LogP contribution >= 0.6 is 11.6 Å². The van der Waals surface area contributed by atoms with Crippen LogP contribution in [0.15, 0.2) is 64.8 Å². The fourth-order valence-electron chi connectivity index (χ4n) is 4.33. The molecule has 0 aliphatic carbocycles. The lowest BCUT2D eigenvalue weighted by Gasteiger charge is -2.29. The first-order valence-corrected chi connectivity index (χ1v) is 10.9. The van der Waals surface area contributed by atoms with Gasteiger partial charge < -0.3 is 29.2 Å². The second-order valence-electron chi connectivity index (χ2n) is 7.97. The van der Waals surface area contributed by atoms with Gasteiger partial charge in [-0.15, -0.1) is 0 Å². The Balaban J connectivity index is 1.68. The van der Waals surface area contributed by atoms with Crippen molar-refractivity contribution in [3.05, 3.63) is 97.7 Å². The van der Waals surface area contributed by atoms with E-state index in [4.69, 9.17) is 36.3 Å². The van der Waals surface area contributed by atoms with Gasteiger partial charge in [0, 0.05) is 16.8 Å². The third-order valence-electron chi connectivity index (χ3n) is 5.97. The molecule has 2 aromatic carbocycles. The Morgan fingerprint density at radius 3 is 2.68 bits per heavy atom. The quantitative estimate of drug-likeness (QED) is 0.570. The van der Waals surface area contributed by atoms with Crippen LogP contribution in [0.25, 0.3) is 0 Å². The molecule has 3 heterocycles. The van der Waals surface area contributed by atoms with Crippen molar-refractivity contribution < 1.29 is 23.7 Å². The lowest BCUT2D eigenvalue weighted by Crippen LogP contribution is -2.35. The second kappa shape index (κ2) is 8.46. The average molecular weight is 481 g/mol. The van der Waals surface area contributed by atoms with Crippen LogP contribution in [-0.2, 0) is 16.1 Å². The Labute approximate surface area is 200 Å². The summed E-state index contributed by atoms with van der Waals surface area (Å²) in [6.45, 7) is 2.24. The van der Waals surface area contributed by atoms with Crippen molar-refractivity contribution in [1.82, 2.24) is 4.57 Å². The monoisotopic (exact) mass is 480 g/mol. The summed E-state index contributed by atoms with van der Waals surface area (Å²) in [6, 6.07) is 14.2. The molecule has 34 heavy (non-hydrogen) atoms. The maximum absolute atomic E-state index is 13.9. The van der Waals surface area contributed by atoms with Crippen LogP contribution in [0.5, 0.6) is 17.2 Å². The lowest BCUT2D eigenvalue weighted by molar-refractivity contribution is -0.136. The highest BCUT2D eigenvalue weighted by atomic mass is 35.5. The van der Waals surface area contributed by atoms with Gasteiger partial charge in [-0.1, -0.05) is 35.9 Å². The van der Waals surface area contributed by atoms with E-state index in [9.17, 15) is 9.59 Å². The molecule has 0 radical (unpaired) electrons. The van der Waals surface area contributed by atoms with Gasteiger partial charge in [-0.05, 0) is 36.2 Å². The van der Waals surface area contributed by atoms with Crippen LogP contribution in [0.3, 0.4) is 0 Å². The van der Waals surface area contributed by atoms with E-state index in [0.29, 0.717) is 27.8 Å². The van der Waals surface area contributed by atoms with Gasteiger partial charge in [0.2, 0.25) is 12.7 Å². The summed E-state index contributed by atoms with van der Waals surface area (Å²) in [4.78, 5) is 26.6. The molecule has 0 saturated carbocycles. The van der Waals surface area contributed by atoms with Crippen LogP contribution in [0.2, 0.25) is 5.02 Å². The molecule has 1 aromatic heterocycles. The molecule has 0 saturated heterocycles. The molecule has 1 atom stereocenters. The number of esters is 1. The molecule has 0 unspecified atom stereocenters. The highest BCUT2D eigenvalue weighted by Gasteiger charge is 2.39. The summed E-state index contributed by atoms with van der Waals surface area (Å²) in [6.07, 6.45) is 0. The predicted molar refractivity (Wildman–Crippen MR) is 124 cm³/mol. The lowest BCUT2D eigenvalue weighted by atomic mass is 9.83. The molecule has 2 N–H and O–H groups in total. The normalized spacial score (nSPS) is 16.1. The summed E-state index contributed by atoms with van der Waals surface area (Å²) < 4.78 is 23.2. The zero-order valence-electron chi connectivity index (χ0n) is 18.5. The van der Waals surface area contributed by atoms with Gasteiger partial charge in [0.25, 0.3) is 5.56 Å². The first-order valence-electron chi connectivity index (χ1n) is 10.5. The molecule has 0 amide bonds. The molecule has 0 spiro atoms. The zero-order valence-corrected chi connectivity index (χ0v) is 19.2. The summed E-state index contributed by atoms with van der Waals surface area (Å²) in [5.41, 5.74) is 8.16. The van der Waals surface area contributed by atoms with Gasteiger partial charge in [-0.3, -0.25) is 4.79 Å². The van der Waals surface area contributed by atoms with Crippen LogP contribution in [-0.4, -0.2) is 24.4 Å². The van der Waals surface area contributed by atoms with Crippen molar-refractivity contribution in [3.8, 4) is 17.2 Å². The molecular formula is C25H21ClN2O6. The van der Waals surface area contributed by atoms with E-state index in [0.717, 1.165) is 5.56 Å². The number of pyridine rings is 1. The van der Waals surface area contributed by atoms with Gasteiger partial charge in [0.1, 0.15) is 11.3 Å². The van der Waals surface area contributed by atoms with Crippen LogP contribution in [0, 0.1) is 6.92 Å². The van der Waals surface area contributed by atoms with Gasteiger partial charge in [-0.25, -0.2) is 4.79 Å². The molecule has 2 aliphatic heterocycles. The number of ether oxygens (including phenoxy) is 4. The van der Waals surface area contributed by atoms with E-state index in [1.165, 1.54) is 7.11 Å². The molecule has 3 aromatic rings. The average Bonchev–Trinajstić information content (AvgIpc) is 3.29. The van der Waals surface area contributed by atoms with Crippen molar-refractivity contribution in [2.75, 3.05) is 13.9 Å². The number of rotatable bonds is 4. The minimum atomic E-state index is -0.860. The molecule has 2 aliphatic rings. The first-order chi connectivity index (χ1) is 16.4. The molecular weight excluding hydrogens is 460 g/mol. The number of nitrogens with two attached hydrogens (primary N) is 1. The fourth-order valence-corrected chi connectivity index (χ4v) is 4.58. The number of aryl methyl sites for hydroxylation is 1. The van der Waals surface area contributed by atoms with Crippen LogP contribution in [0.4, 0.5) is 0 Å². The van der Waals surface area contributed by atoms with Gasteiger partial charge in [0.15, 0.2) is 11.5 Å². The summed E-state index contributed by atoms with van der Waals surface area (Å²) >= 11 is 6.50. The Morgan fingerprint density at radius 2 is 1.91 bits per heavy atom. The first kappa shape index (κ1) is 21.9. The Bertz CT molecular complexity index is 1410. The largest absolute Gasteiger partial charge is 0.465 e. The number of carbonyl (C=O) groups excluding carboxylic acids is 1. The third-order valence-corrected chi connectivity index (χ3v) is 6.31. The van der Waals surface area contributed by atoms with Gasteiger partial charge in [0.05, 0.1) is 25.1 Å². The number of fused-ring (bicyclic) bond motifs is 2. The minimum Gasteiger partial charge on any atom is -0.465 e. The highest BCUT2D eigenvalue weighted by molar-refractivity contribution is 6.31. The van der Waals surface area contributed by atoms with Gasteiger partial charge in [-0.2, -0.15) is 0 Å². The number of methoxy groups -OCH3 is 1. The van der Waals surface area contributed by atoms with E-state index < -0.39 is 11.9 Å². The number of benzene rings is 2. The van der Waals surface area contributed by atoms with Crippen molar-refractivity contribution in [2.45, 2.75) is 19.4 Å². The standard InChI is InChI=1S/C25H21ClN2O6/c1-13-9-19-21(24(29)28(13)11-14-7-8-17-18(10-14)33-12-32-17)20(15-5-3-4-6-16(15)26)22(23(27)34-19)25(30)31-2/h3-10,20H,11-12,27H2,1-2H3/t20-/m1/s1. The Morgan fingerprint density at radius 1 is 1.15 bits per heavy atom. The maximum atomic E-state index is 13.9. The molecule has 0 bridgehead atoms. The van der Waals surface area contributed by atoms with Crippen molar-refractivity contribution in [1.29, 1.82) is 0 Å². The minimum absolute atomic E-state index is 0.0266. The number of hydrogen-bond acceptors (Lipinski definition) is 7. The van der Waals surface area contributed by atoms with Crippen molar-refractivity contribution >= 4 is 17.6 Å². The van der Waals surface area contributed by atoms with Crippen molar-refractivity contribution in [3.63, 3.8) is 0 Å². The smallest absolute Gasteiger partial charge is 0.340 e. The molecule has 174 valence electrons. The van der Waals surface area contributed by atoms with E-state index in [1.54, 1.807) is 41.8 Å². The van der Waals surface area contributed by atoms with E-state index in [1.807, 2.05) is 18.2 Å². The second-order valence-corrected chi connectivity index (χ2v) is 8.38. The van der Waals surface area contributed by atoms with E-state index in [2.05, 4.69) is 0 Å². The summed E-state index contributed by atoms with van der Waals surface area (Å²) in [5, 5.41) is 0.386. The number of hydrogen-bond donors (Lipinski definition) is 1. The number of halogens is 1. The number of carbonyl (C=O) groups is 1. The Kier molecular flexibility index (Phi) is 5.45. The summed E-state index contributed by atoms with van der Waals surface area (Å²) in [5.74, 6) is -0.122. The van der Waals surface area contributed by atoms with E-state index >= 15 is 0 Å². The van der Waals surface area contributed by atoms with E-state index in [-0.39, 0.29) is 41.7 Å². The summed E-state index contributed by atoms with van der Waals surface area (Å²) in [7, 11) is 1.24. The van der Waals surface area contributed by atoms with Crippen LogP contribution < -0.4 is 25.5 Å². The molecule has 5 rings (SSSR count). The SMILES string of the molecule is COC(=O)C1=C(N)Oc2cc(C)n(Cc3ccc4c(c3)OCO4)c(=O)c2[C@H]1c1ccccc1Cl. The highest BCUT2D eigenvalue weighted by Crippen LogP contribution is 2.43. The topological polar surface area (TPSA) is 102 Å². The number of aromatic nitrogens is 1. The fraction of sp³-hybridized carbons (Fsp3) is 0.200. The molecule has 8 nitrogen and oxygen atoms in total.